The van der Waals surface area contributed by atoms with Gasteiger partial charge in [0.25, 0.3) is 5.91 Å². The van der Waals surface area contributed by atoms with Crippen LogP contribution in [0.2, 0.25) is 0 Å². The molecule has 1 aromatic carbocycles. The molecule has 5 heteroatoms. The Morgan fingerprint density at radius 3 is 2.73 bits per heavy atom. The van der Waals surface area contributed by atoms with Crippen LogP contribution in [0.3, 0.4) is 0 Å². The lowest BCUT2D eigenvalue weighted by molar-refractivity contribution is 0.0934. The molecule has 1 saturated carbocycles. The molecule has 0 aliphatic heterocycles. The van der Waals surface area contributed by atoms with Crippen LogP contribution in [0, 0.1) is 0 Å². The minimum Gasteiger partial charge on any atom is -0.422 e. The number of hydrogen-bond donors (Lipinski definition) is 2. The smallest absolute Gasteiger partial charge is 0.349 e. The molecule has 0 bridgehead atoms. The van der Waals surface area contributed by atoms with E-state index in [1.165, 1.54) is 6.42 Å². The van der Waals surface area contributed by atoms with Crippen molar-refractivity contribution in [2.24, 2.45) is 5.73 Å². The Morgan fingerprint density at radius 1 is 1.23 bits per heavy atom. The van der Waals surface area contributed by atoms with Crippen LogP contribution in [0.5, 0.6) is 0 Å². The van der Waals surface area contributed by atoms with E-state index in [9.17, 15) is 9.59 Å². The predicted molar refractivity (Wildman–Crippen MR) is 84.8 cm³/mol. The molecule has 2 aromatic rings. The zero-order valence-electron chi connectivity index (χ0n) is 12.4. The summed E-state index contributed by atoms with van der Waals surface area (Å²) in [5, 5.41) is 3.52. The number of benzene rings is 1. The van der Waals surface area contributed by atoms with Crippen molar-refractivity contribution in [3.63, 3.8) is 0 Å². The first-order valence-electron chi connectivity index (χ1n) is 7.67. The molecule has 22 heavy (non-hydrogen) atoms. The van der Waals surface area contributed by atoms with Crippen molar-refractivity contribution in [2.45, 2.75) is 37.6 Å². The second-order valence-electron chi connectivity index (χ2n) is 6.09. The molecular formula is C17H20N2O3. The van der Waals surface area contributed by atoms with Crippen molar-refractivity contribution in [2.75, 3.05) is 6.54 Å². The number of nitrogens with one attached hydrogen (secondary N) is 1. The molecular weight excluding hydrogens is 280 g/mol. The number of hydrogen-bond acceptors (Lipinski definition) is 4. The molecule has 1 aromatic heterocycles. The number of nitrogens with two attached hydrogens (primary N) is 1. The summed E-state index contributed by atoms with van der Waals surface area (Å²) in [6, 6.07) is 8.70. The van der Waals surface area contributed by atoms with E-state index in [1.54, 1.807) is 24.3 Å². The number of carbonyl (C=O) groups excluding carboxylic acids is 1. The third-order valence-electron chi connectivity index (χ3n) is 4.34. The largest absolute Gasteiger partial charge is 0.422 e. The van der Waals surface area contributed by atoms with Crippen LogP contribution in [0.4, 0.5) is 0 Å². The minimum atomic E-state index is -0.620. The fourth-order valence-corrected chi connectivity index (χ4v) is 3.00. The Balaban J connectivity index is 1.77. The van der Waals surface area contributed by atoms with E-state index in [0.29, 0.717) is 12.1 Å². The topological polar surface area (TPSA) is 85.3 Å². The lowest BCUT2D eigenvalue weighted by Gasteiger charge is -2.33. The first-order chi connectivity index (χ1) is 10.6. The standard InChI is InChI=1S/C17H20N2O3/c18-17(8-4-1-5-9-17)11-19-15(20)13-10-12-6-2-3-7-14(12)22-16(13)21/h2-3,6-7,10H,1,4-5,8-9,11,18H2,(H,19,20). The van der Waals surface area contributed by atoms with Gasteiger partial charge in [-0.25, -0.2) is 4.79 Å². The quantitative estimate of drug-likeness (QED) is 0.851. The molecule has 1 aliphatic carbocycles. The SMILES string of the molecule is NC1(CNC(=O)c2cc3ccccc3oc2=O)CCCCC1. The Kier molecular flexibility index (Phi) is 3.98. The zero-order chi connectivity index (χ0) is 15.6. The maximum atomic E-state index is 12.3. The van der Waals surface area contributed by atoms with Crippen LogP contribution >= 0.6 is 0 Å². The highest BCUT2D eigenvalue weighted by Crippen LogP contribution is 2.25. The molecule has 5 nitrogen and oxygen atoms in total. The molecule has 0 atom stereocenters. The Hall–Kier alpha value is -2.14. The Labute approximate surface area is 128 Å². The molecule has 0 unspecified atom stereocenters. The number of rotatable bonds is 3. The van der Waals surface area contributed by atoms with Crippen molar-refractivity contribution < 1.29 is 9.21 Å². The van der Waals surface area contributed by atoms with E-state index in [-0.39, 0.29) is 11.1 Å². The van der Waals surface area contributed by atoms with Gasteiger partial charge in [-0.2, -0.15) is 0 Å². The fourth-order valence-electron chi connectivity index (χ4n) is 3.00. The molecule has 1 aliphatic rings. The molecule has 0 saturated heterocycles. The van der Waals surface area contributed by atoms with Crippen LogP contribution in [0.1, 0.15) is 42.5 Å². The van der Waals surface area contributed by atoms with Gasteiger partial charge in [0.1, 0.15) is 11.1 Å². The number of fused-ring (bicyclic) bond motifs is 1. The number of amides is 1. The molecule has 3 N–H and O–H groups in total. The second-order valence-corrected chi connectivity index (χ2v) is 6.09. The van der Waals surface area contributed by atoms with Crippen molar-refractivity contribution in [3.8, 4) is 0 Å². The first-order valence-corrected chi connectivity index (χ1v) is 7.67. The normalized spacial score (nSPS) is 17.3. The molecule has 0 spiro atoms. The Bertz CT molecular complexity index is 745. The van der Waals surface area contributed by atoms with E-state index in [4.69, 9.17) is 10.2 Å². The number of carbonyl (C=O) groups is 1. The van der Waals surface area contributed by atoms with Crippen LogP contribution in [0.15, 0.2) is 39.5 Å². The van der Waals surface area contributed by atoms with E-state index >= 15 is 0 Å². The van der Waals surface area contributed by atoms with Gasteiger partial charge in [-0.3, -0.25) is 4.79 Å². The summed E-state index contributed by atoms with van der Waals surface area (Å²) in [6.45, 7) is 0.387. The van der Waals surface area contributed by atoms with Crippen LogP contribution in [-0.2, 0) is 0 Å². The van der Waals surface area contributed by atoms with Gasteiger partial charge in [0.05, 0.1) is 0 Å². The number of para-hydroxylation sites is 1. The Morgan fingerprint density at radius 2 is 1.95 bits per heavy atom. The molecule has 1 heterocycles. The van der Waals surface area contributed by atoms with Crippen molar-refractivity contribution in [3.05, 3.63) is 46.3 Å². The summed E-state index contributed by atoms with van der Waals surface area (Å²) < 4.78 is 5.18. The van der Waals surface area contributed by atoms with Gasteiger partial charge in [0, 0.05) is 17.5 Å². The summed E-state index contributed by atoms with van der Waals surface area (Å²) >= 11 is 0. The summed E-state index contributed by atoms with van der Waals surface area (Å²) in [5.74, 6) is -0.421. The van der Waals surface area contributed by atoms with Crippen molar-refractivity contribution >= 4 is 16.9 Å². The molecule has 0 radical (unpaired) electrons. The highest BCUT2D eigenvalue weighted by atomic mass is 16.4. The molecule has 1 fully saturated rings. The van der Waals surface area contributed by atoms with Gasteiger partial charge in [0.2, 0.25) is 0 Å². The average Bonchev–Trinajstić information content (AvgIpc) is 2.53. The van der Waals surface area contributed by atoms with Gasteiger partial charge < -0.3 is 15.5 Å². The van der Waals surface area contributed by atoms with E-state index < -0.39 is 11.5 Å². The maximum Gasteiger partial charge on any atom is 0.349 e. The highest BCUT2D eigenvalue weighted by Gasteiger charge is 2.28. The monoisotopic (exact) mass is 300 g/mol. The average molecular weight is 300 g/mol. The summed E-state index contributed by atoms with van der Waals surface area (Å²) in [5.41, 5.74) is 5.83. The first kappa shape index (κ1) is 14.8. The van der Waals surface area contributed by atoms with E-state index in [0.717, 1.165) is 31.1 Å². The highest BCUT2D eigenvalue weighted by molar-refractivity contribution is 5.96. The second kappa shape index (κ2) is 5.93. The van der Waals surface area contributed by atoms with Gasteiger partial charge in [0.15, 0.2) is 0 Å². The van der Waals surface area contributed by atoms with Gasteiger partial charge >= 0.3 is 5.63 Å². The van der Waals surface area contributed by atoms with Crippen LogP contribution in [-0.4, -0.2) is 18.0 Å². The van der Waals surface area contributed by atoms with Crippen LogP contribution < -0.4 is 16.7 Å². The van der Waals surface area contributed by atoms with Crippen LogP contribution in [0.25, 0.3) is 11.0 Å². The third kappa shape index (κ3) is 3.04. The predicted octanol–water partition coefficient (Wildman–Crippen LogP) is 2.18. The lowest BCUT2D eigenvalue weighted by atomic mass is 9.82. The summed E-state index contributed by atoms with van der Waals surface area (Å²) in [7, 11) is 0. The zero-order valence-corrected chi connectivity index (χ0v) is 12.4. The van der Waals surface area contributed by atoms with E-state index in [1.807, 2.05) is 6.07 Å². The molecule has 3 rings (SSSR count). The van der Waals surface area contributed by atoms with Gasteiger partial charge in [-0.15, -0.1) is 0 Å². The van der Waals surface area contributed by atoms with Crippen molar-refractivity contribution in [1.82, 2.24) is 5.32 Å². The van der Waals surface area contributed by atoms with Gasteiger partial charge in [-0.1, -0.05) is 37.5 Å². The summed E-state index contributed by atoms with van der Waals surface area (Å²) in [4.78, 5) is 24.2. The maximum absolute atomic E-state index is 12.3. The lowest BCUT2D eigenvalue weighted by Crippen LogP contribution is -2.51. The minimum absolute atomic E-state index is 0.0260. The third-order valence-corrected chi connectivity index (χ3v) is 4.34. The fraction of sp³-hybridized carbons (Fsp3) is 0.412. The molecule has 1 amide bonds. The van der Waals surface area contributed by atoms with Crippen molar-refractivity contribution in [1.29, 1.82) is 0 Å². The van der Waals surface area contributed by atoms with Gasteiger partial charge in [-0.05, 0) is 25.0 Å². The molecule has 116 valence electrons. The van der Waals surface area contributed by atoms with E-state index in [2.05, 4.69) is 5.32 Å². The summed E-state index contributed by atoms with van der Waals surface area (Å²) in [6.07, 6.45) is 5.18.